The highest BCUT2D eigenvalue weighted by atomic mass is 16.6. The molecular weight excluding hydrogens is 528 g/mol. The van der Waals surface area contributed by atoms with Gasteiger partial charge in [-0.05, 0) is 6.07 Å². The van der Waals surface area contributed by atoms with Gasteiger partial charge in [0.15, 0.2) is 0 Å². The van der Waals surface area contributed by atoms with Gasteiger partial charge in [-0.2, -0.15) is 0 Å². The molecule has 0 heterocycles. The summed E-state index contributed by atoms with van der Waals surface area (Å²) < 4.78 is 31.4. The minimum Gasteiger partial charge on any atom is -0.480 e. The molecule has 0 spiro atoms. The highest BCUT2D eigenvalue weighted by Crippen LogP contribution is 2.28. The van der Waals surface area contributed by atoms with E-state index in [1.165, 1.54) is 12.1 Å². The number of aliphatic carboxylic acids is 1. The number of hydrogen-bond acceptors (Lipinski definition) is 13. The zero-order chi connectivity index (χ0) is 28.7. The van der Waals surface area contributed by atoms with E-state index in [2.05, 4.69) is 15.4 Å². The summed E-state index contributed by atoms with van der Waals surface area (Å²) in [5, 5.41) is 35.6. The molecular formula is C22H34N4O13. The first-order chi connectivity index (χ1) is 18.8. The third-order valence-electron chi connectivity index (χ3n) is 4.47. The highest BCUT2D eigenvalue weighted by Gasteiger charge is 2.19. The minimum absolute atomic E-state index is 0.170. The van der Waals surface area contributed by atoms with Crippen molar-refractivity contribution in [1.29, 1.82) is 0 Å². The Hall–Kier alpha value is -3.48. The summed E-state index contributed by atoms with van der Waals surface area (Å²) in [6, 6.07) is 3.38. The van der Waals surface area contributed by atoms with Crippen LogP contribution in [0.4, 0.5) is 17.1 Å². The molecule has 220 valence electrons. The van der Waals surface area contributed by atoms with Crippen LogP contribution in [0.25, 0.3) is 0 Å². The number of nitrogens with one attached hydrogen (secondary N) is 2. The van der Waals surface area contributed by atoms with Gasteiger partial charge in [0, 0.05) is 19.2 Å². The minimum atomic E-state index is -1.14. The van der Waals surface area contributed by atoms with E-state index < -0.39 is 28.3 Å². The number of rotatable bonds is 25. The number of benzene rings is 1. The summed E-state index contributed by atoms with van der Waals surface area (Å²) in [6.07, 6.45) is 0. The van der Waals surface area contributed by atoms with E-state index >= 15 is 0 Å². The number of ether oxygens (including phenoxy) is 6. The smallest absolute Gasteiger partial charge is 0.329 e. The van der Waals surface area contributed by atoms with Crippen LogP contribution in [0.3, 0.4) is 0 Å². The normalized spacial score (nSPS) is 10.8. The summed E-state index contributed by atoms with van der Waals surface area (Å²) >= 11 is 0. The fraction of sp³-hybridized carbons (Fsp3) is 0.636. The number of nitrogens with zero attached hydrogens (tertiary/aromatic N) is 2. The highest BCUT2D eigenvalue weighted by molar-refractivity contribution is 5.77. The molecule has 1 aromatic carbocycles. The van der Waals surface area contributed by atoms with Crippen molar-refractivity contribution < 1.29 is 53.0 Å². The molecule has 17 heteroatoms. The Kier molecular flexibility index (Phi) is 18.5. The van der Waals surface area contributed by atoms with Gasteiger partial charge in [-0.3, -0.25) is 25.0 Å². The molecule has 1 aromatic rings. The number of carbonyl (C=O) groups excluding carboxylic acids is 1. The third kappa shape index (κ3) is 17.6. The zero-order valence-electron chi connectivity index (χ0n) is 21.4. The lowest BCUT2D eigenvalue weighted by Crippen LogP contribution is -2.31. The van der Waals surface area contributed by atoms with Crippen molar-refractivity contribution in [3.05, 3.63) is 38.4 Å². The molecule has 0 saturated carbocycles. The van der Waals surface area contributed by atoms with Gasteiger partial charge in [0.2, 0.25) is 5.91 Å². The van der Waals surface area contributed by atoms with Crippen molar-refractivity contribution in [3.8, 4) is 0 Å². The predicted octanol–water partition coefficient (Wildman–Crippen LogP) is 0.215. The van der Waals surface area contributed by atoms with Crippen LogP contribution in [0, 0.1) is 20.2 Å². The molecule has 0 fully saturated rings. The average molecular weight is 563 g/mol. The van der Waals surface area contributed by atoms with E-state index in [1.54, 1.807) is 0 Å². The zero-order valence-corrected chi connectivity index (χ0v) is 21.4. The molecule has 3 N–H and O–H groups in total. The molecule has 0 bridgehead atoms. The number of amides is 1. The summed E-state index contributed by atoms with van der Waals surface area (Å²) in [5.41, 5.74) is -0.569. The van der Waals surface area contributed by atoms with Gasteiger partial charge < -0.3 is 44.2 Å². The van der Waals surface area contributed by atoms with Crippen LogP contribution in [0.2, 0.25) is 0 Å². The second-order valence-electron chi connectivity index (χ2n) is 7.44. The molecule has 1 amide bonds. The van der Waals surface area contributed by atoms with Crippen LogP contribution in [0.15, 0.2) is 18.2 Å². The Morgan fingerprint density at radius 3 is 1.72 bits per heavy atom. The van der Waals surface area contributed by atoms with Crippen LogP contribution in [0.1, 0.15) is 0 Å². The molecule has 0 radical (unpaired) electrons. The molecule has 0 aliphatic heterocycles. The number of hydrogen-bond donors (Lipinski definition) is 3. The number of nitro groups is 2. The lowest BCUT2D eigenvalue weighted by Gasteiger charge is -2.09. The van der Waals surface area contributed by atoms with E-state index in [9.17, 15) is 29.8 Å². The number of anilines is 1. The van der Waals surface area contributed by atoms with Crippen molar-refractivity contribution in [2.45, 2.75) is 0 Å². The Bertz CT molecular complexity index is 888. The van der Waals surface area contributed by atoms with Gasteiger partial charge in [-0.15, -0.1) is 0 Å². The first-order valence-corrected chi connectivity index (χ1v) is 11.9. The van der Waals surface area contributed by atoms with Crippen molar-refractivity contribution in [2.24, 2.45) is 0 Å². The maximum Gasteiger partial charge on any atom is 0.329 e. The van der Waals surface area contributed by atoms with Crippen LogP contribution in [0.5, 0.6) is 0 Å². The Morgan fingerprint density at radius 1 is 0.718 bits per heavy atom. The van der Waals surface area contributed by atoms with E-state index in [0.29, 0.717) is 52.9 Å². The fourth-order valence-electron chi connectivity index (χ4n) is 2.72. The van der Waals surface area contributed by atoms with E-state index in [1.807, 2.05) is 0 Å². The maximum absolute atomic E-state index is 11.3. The van der Waals surface area contributed by atoms with Gasteiger partial charge in [-0.25, -0.2) is 4.79 Å². The second-order valence-corrected chi connectivity index (χ2v) is 7.44. The van der Waals surface area contributed by atoms with Crippen LogP contribution >= 0.6 is 0 Å². The summed E-state index contributed by atoms with van der Waals surface area (Å²) in [5.74, 6) is -1.56. The van der Waals surface area contributed by atoms with Crippen molar-refractivity contribution >= 4 is 28.9 Å². The lowest BCUT2D eigenvalue weighted by atomic mass is 10.2. The maximum atomic E-state index is 11.3. The van der Waals surface area contributed by atoms with Gasteiger partial charge in [0.05, 0.1) is 82.0 Å². The number of carboxylic acids is 1. The molecule has 0 saturated heterocycles. The first kappa shape index (κ1) is 33.5. The molecule has 0 aliphatic rings. The number of nitro benzene ring substituents is 2. The van der Waals surface area contributed by atoms with Crippen molar-refractivity contribution in [1.82, 2.24) is 5.32 Å². The van der Waals surface area contributed by atoms with Crippen molar-refractivity contribution in [2.75, 3.05) is 97.7 Å². The van der Waals surface area contributed by atoms with E-state index in [-0.39, 0.29) is 50.0 Å². The molecule has 0 unspecified atom stereocenters. The predicted molar refractivity (Wildman–Crippen MR) is 134 cm³/mol. The first-order valence-electron chi connectivity index (χ1n) is 11.9. The summed E-state index contributed by atoms with van der Waals surface area (Å²) in [6.45, 7) is 3.09. The fourth-order valence-corrected chi connectivity index (χ4v) is 2.72. The summed E-state index contributed by atoms with van der Waals surface area (Å²) in [7, 11) is 0. The van der Waals surface area contributed by atoms with Crippen molar-refractivity contribution in [3.63, 3.8) is 0 Å². The quantitative estimate of drug-likeness (QED) is 0.0824. The van der Waals surface area contributed by atoms with Crippen LogP contribution in [-0.4, -0.2) is 119 Å². The summed E-state index contributed by atoms with van der Waals surface area (Å²) in [4.78, 5) is 42.0. The van der Waals surface area contributed by atoms with E-state index in [0.717, 1.165) is 6.07 Å². The van der Waals surface area contributed by atoms with Gasteiger partial charge >= 0.3 is 5.97 Å². The molecule has 0 aliphatic carbocycles. The molecule has 0 aromatic heterocycles. The Balaban J connectivity index is 1.86. The average Bonchev–Trinajstić information content (AvgIpc) is 2.89. The monoisotopic (exact) mass is 562 g/mol. The number of non-ortho nitro benzene ring substituents is 1. The topological polar surface area (TPSA) is 220 Å². The molecule has 1 rings (SSSR count). The standard InChI is InChI=1S/C22H34N4O13/c27-21(16-39-17-22(28)29)24-4-6-35-8-10-37-12-14-38-13-11-36-9-7-34-5-3-23-19-2-1-18(25(30)31)15-20(19)26(32)33/h1-2,15,23H,3-14,16-17H2,(H,24,27)(H,28,29). The number of carbonyl (C=O) groups is 2. The van der Waals surface area contributed by atoms with E-state index in [4.69, 9.17) is 28.8 Å². The Morgan fingerprint density at radius 2 is 1.23 bits per heavy atom. The lowest BCUT2D eigenvalue weighted by molar-refractivity contribution is -0.393. The van der Waals surface area contributed by atoms with Gasteiger partial charge in [-0.1, -0.05) is 0 Å². The molecule has 17 nitrogen and oxygen atoms in total. The molecule has 0 atom stereocenters. The van der Waals surface area contributed by atoms with Gasteiger partial charge in [0.1, 0.15) is 18.9 Å². The largest absolute Gasteiger partial charge is 0.480 e. The van der Waals surface area contributed by atoms with Crippen LogP contribution < -0.4 is 10.6 Å². The van der Waals surface area contributed by atoms with Gasteiger partial charge in [0.25, 0.3) is 11.4 Å². The third-order valence-corrected chi connectivity index (χ3v) is 4.47. The SMILES string of the molecule is O=C(O)COCC(=O)NCCOCCOCCOCCOCCOCCNc1ccc([N+](=O)[O-])cc1[N+](=O)[O-]. The second kappa shape index (κ2) is 21.5. The molecule has 39 heavy (non-hydrogen) atoms. The van der Waals surface area contributed by atoms with Crippen LogP contribution in [-0.2, 0) is 38.0 Å². The number of carboxylic acid groups (broad SMARTS) is 1. The Labute approximate surface area is 223 Å².